The molecule has 0 aromatic heterocycles. The first-order valence-corrected chi connectivity index (χ1v) is 4.97. The zero-order chi connectivity index (χ0) is 11.6. The van der Waals surface area contributed by atoms with Crippen LogP contribution in [0.15, 0.2) is 12.1 Å². The van der Waals surface area contributed by atoms with Gasteiger partial charge in [-0.3, -0.25) is 4.79 Å². The Morgan fingerprint density at radius 3 is 2.73 bits per heavy atom. The zero-order valence-electron chi connectivity index (χ0n) is 8.55. The van der Waals surface area contributed by atoms with Crippen LogP contribution in [0.25, 0.3) is 0 Å². The Bertz CT molecular complexity index is 390. The number of carboxylic acid groups (broad SMARTS) is 1. The molecule has 0 fully saturated rings. The van der Waals surface area contributed by atoms with E-state index in [1.54, 1.807) is 19.9 Å². The molecule has 1 aromatic carbocycles. The summed E-state index contributed by atoms with van der Waals surface area (Å²) in [5, 5.41) is 8.79. The molecule has 0 spiro atoms. The molecule has 0 amide bonds. The molecule has 15 heavy (non-hydrogen) atoms. The summed E-state index contributed by atoms with van der Waals surface area (Å²) in [7, 11) is 0. The van der Waals surface area contributed by atoms with Crippen LogP contribution in [0.4, 0.5) is 4.39 Å². The van der Waals surface area contributed by atoms with E-state index in [4.69, 9.17) is 16.7 Å². The van der Waals surface area contributed by atoms with Crippen LogP contribution in [0.3, 0.4) is 0 Å². The first-order valence-electron chi connectivity index (χ1n) is 4.59. The highest BCUT2D eigenvalue weighted by Gasteiger charge is 2.16. The highest BCUT2D eigenvalue weighted by Crippen LogP contribution is 2.25. The normalized spacial score (nSPS) is 12.5. The Hall–Kier alpha value is -1.09. The van der Waals surface area contributed by atoms with Crippen molar-refractivity contribution < 1.29 is 14.3 Å². The van der Waals surface area contributed by atoms with Gasteiger partial charge in [0.2, 0.25) is 0 Å². The highest BCUT2D eigenvalue weighted by molar-refractivity contribution is 6.31. The number of carbonyl (C=O) groups is 1. The van der Waals surface area contributed by atoms with Crippen molar-refractivity contribution in [2.75, 3.05) is 0 Å². The summed E-state index contributed by atoms with van der Waals surface area (Å²) in [4.78, 5) is 10.7. The van der Waals surface area contributed by atoms with Crippen LogP contribution >= 0.6 is 11.6 Å². The molecule has 0 aliphatic heterocycles. The molecule has 82 valence electrons. The fourth-order valence-corrected chi connectivity index (χ4v) is 1.62. The lowest BCUT2D eigenvalue weighted by Crippen LogP contribution is -2.13. The van der Waals surface area contributed by atoms with Crippen molar-refractivity contribution in [3.63, 3.8) is 0 Å². The average Bonchev–Trinajstić information content (AvgIpc) is 2.18. The quantitative estimate of drug-likeness (QED) is 0.867. The van der Waals surface area contributed by atoms with Crippen LogP contribution in [0.2, 0.25) is 5.02 Å². The maximum Gasteiger partial charge on any atom is 0.306 e. The van der Waals surface area contributed by atoms with E-state index in [1.807, 2.05) is 0 Å². The van der Waals surface area contributed by atoms with Gasteiger partial charge in [0.1, 0.15) is 5.82 Å². The highest BCUT2D eigenvalue weighted by atomic mass is 35.5. The largest absolute Gasteiger partial charge is 0.481 e. The lowest BCUT2D eigenvalue weighted by atomic mass is 9.97. The van der Waals surface area contributed by atoms with Gasteiger partial charge in [0, 0.05) is 0 Å². The number of hydrogen-bond acceptors (Lipinski definition) is 1. The smallest absolute Gasteiger partial charge is 0.306 e. The molecule has 1 unspecified atom stereocenters. The minimum Gasteiger partial charge on any atom is -0.481 e. The summed E-state index contributed by atoms with van der Waals surface area (Å²) in [5.74, 6) is -1.98. The van der Waals surface area contributed by atoms with Gasteiger partial charge in [-0.05, 0) is 30.5 Å². The molecule has 2 nitrogen and oxygen atoms in total. The van der Waals surface area contributed by atoms with Crippen LogP contribution in [-0.2, 0) is 11.2 Å². The fourth-order valence-electron chi connectivity index (χ4n) is 1.33. The molecular formula is C11H12ClFO2. The molecule has 0 bridgehead atoms. The first-order chi connectivity index (χ1) is 6.93. The van der Waals surface area contributed by atoms with E-state index in [2.05, 4.69) is 0 Å². The number of rotatable bonds is 3. The molecule has 0 saturated carbocycles. The summed E-state index contributed by atoms with van der Waals surface area (Å²) in [6.45, 7) is 3.36. The van der Waals surface area contributed by atoms with Gasteiger partial charge in [0.25, 0.3) is 0 Å². The van der Waals surface area contributed by atoms with Crippen LogP contribution in [0, 0.1) is 18.7 Å². The zero-order valence-corrected chi connectivity index (χ0v) is 9.31. The molecule has 0 heterocycles. The Labute approximate surface area is 92.7 Å². The standard InChI is InChI=1S/C11H12ClFO2/c1-6-3-4-9(13)10(12)8(6)5-7(2)11(14)15/h3-4,7H,5H2,1-2H3,(H,14,15). The monoisotopic (exact) mass is 230 g/mol. The van der Waals surface area contributed by atoms with Crippen LogP contribution in [0.5, 0.6) is 0 Å². The topological polar surface area (TPSA) is 37.3 Å². The van der Waals surface area contributed by atoms with E-state index < -0.39 is 17.7 Å². The second-order valence-corrected chi connectivity index (χ2v) is 3.98. The Morgan fingerprint density at radius 1 is 1.60 bits per heavy atom. The van der Waals surface area contributed by atoms with E-state index in [0.29, 0.717) is 5.56 Å². The Kier molecular flexibility index (Phi) is 3.69. The number of aryl methyl sites for hydroxylation is 1. The second-order valence-electron chi connectivity index (χ2n) is 3.60. The minimum atomic E-state index is -0.908. The van der Waals surface area contributed by atoms with Gasteiger partial charge in [-0.15, -0.1) is 0 Å². The van der Waals surface area contributed by atoms with Crippen LogP contribution < -0.4 is 0 Å². The van der Waals surface area contributed by atoms with Gasteiger partial charge in [-0.1, -0.05) is 24.6 Å². The maximum absolute atomic E-state index is 13.1. The van der Waals surface area contributed by atoms with Crippen molar-refractivity contribution >= 4 is 17.6 Å². The van der Waals surface area contributed by atoms with Gasteiger partial charge >= 0.3 is 5.97 Å². The minimum absolute atomic E-state index is 0.0306. The second kappa shape index (κ2) is 4.62. The molecule has 0 radical (unpaired) electrons. The predicted octanol–water partition coefficient (Wildman–Crippen LogP) is 3.05. The number of hydrogen-bond donors (Lipinski definition) is 1. The van der Waals surface area contributed by atoms with Crippen LogP contribution in [-0.4, -0.2) is 11.1 Å². The third-order valence-corrected chi connectivity index (χ3v) is 2.77. The molecule has 0 aliphatic rings. The lowest BCUT2D eigenvalue weighted by Gasteiger charge is -2.11. The molecule has 4 heteroatoms. The van der Waals surface area contributed by atoms with Crippen molar-refractivity contribution in [3.05, 3.63) is 34.1 Å². The first kappa shape index (κ1) is 12.0. The van der Waals surface area contributed by atoms with Crippen molar-refractivity contribution in [1.82, 2.24) is 0 Å². The molecule has 1 rings (SSSR count). The van der Waals surface area contributed by atoms with E-state index in [-0.39, 0.29) is 11.4 Å². The van der Waals surface area contributed by atoms with E-state index >= 15 is 0 Å². The molecule has 1 atom stereocenters. The van der Waals surface area contributed by atoms with Crippen molar-refractivity contribution in [2.24, 2.45) is 5.92 Å². The Balaban J connectivity index is 3.03. The van der Waals surface area contributed by atoms with Gasteiger partial charge in [-0.25, -0.2) is 4.39 Å². The molecule has 1 aromatic rings. The van der Waals surface area contributed by atoms with E-state index in [1.165, 1.54) is 6.07 Å². The number of halogens is 2. The molecular weight excluding hydrogens is 219 g/mol. The predicted molar refractivity (Wildman–Crippen MR) is 56.7 cm³/mol. The third-order valence-electron chi connectivity index (χ3n) is 2.36. The SMILES string of the molecule is Cc1ccc(F)c(Cl)c1CC(C)C(=O)O. The molecule has 0 saturated heterocycles. The van der Waals surface area contributed by atoms with Crippen molar-refractivity contribution in [3.8, 4) is 0 Å². The molecule has 1 N–H and O–H groups in total. The van der Waals surface area contributed by atoms with Crippen molar-refractivity contribution in [1.29, 1.82) is 0 Å². The molecule has 0 aliphatic carbocycles. The Morgan fingerprint density at radius 2 is 2.20 bits per heavy atom. The van der Waals surface area contributed by atoms with E-state index in [9.17, 15) is 9.18 Å². The van der Waals surface area contributed by atoms with Crippen LogP contribution in [0.1, 0.15) is 18.1 Å². The van der Waals surface area contributed by atoms with Gasteiger partial charge in [0.05, 0.1) is 10.9 Å². The maximum atomic E-state index is 13.1. The lowest BCUT2D eigenvalue weighted by molar-refractivity contribution is -0.141. The van der Waals surface area contributed by atoms with E-state index in [0.717, 1.165) is 5.56 Å². The van der Waals surface area contributed by atoms with Gasteiger partial charge in [-0.2, -0.15) is 0 Å². The number of aliphatic carboxylic acids is 1. The van der Waals surface area contributed by atoms with Gasteiger partial charge in [0.15, 0.2) is 0 Å². The van der Waals surface area contributed by atoms with Crippen molar-refractivity contribution in [2.45, 2.75) is 20.3 Å². The van der Waals surface area contributed by atoms with Gasteiger partial charge < -0.3 is 5.11 Å². The average molecular weight is 231 g/mol. The summed E-state index contributed by atoms with van der Waals surface area (Å²) < 4.78 is 13.1. The number of carboxylic acids is 1. The third kappa shape index (κ3) is 2.69. The summed E-state index contributed by atoms with van der Waals surface area (Å²) >= 11 is 5.78. The fraction of sp³-hybridized carbons (Fsp3) is 0.364. The summed E-state index contributed by atoms with van der Waals surface area (Å²) in [6, 6.07) is 2.89. The number of benzene rings is 1. The summed E-state index contributed by atoms with van der Waals surface area (Å²) in [5.41, 5.74) is 1.39. The summed E-state index contributed by atoms with van der Waals surface area (Å²) in [6.07, 6.45) is 0.248.